The van der Waals surface area contributed by atoms with Crippen molar-refractivity contribution in [3.8, 4) is 5.75 Å². The summed E-state index contributed by atoms with van der Waals surface area (Å²) in [4.78, 5) is 3.80. The minimum absolute atomic E-state index is 0.0402. The van der Waals surface area contributed by atoms with Crippen LogP contribution in [0.5, 0.6) is 5.75 Å². The fourth-order valence-corrected chi connectivity index (χ4v) is 1.91. The molecule has 1 atom stereocenters. The molecule has 112 valence electrons. The Labute approximate surface area is 125 Å². The van der Waals surface area contributed by atoms with Gasteiger partial charge in [-0.1, -0.05) is 32.0 Å². The number of anilines is 1. The molecule has 1 unspecified atom stereocenters. The Morgan fingerprint density at radius 1 is 1.10 bits per heavy atom. The Morgan fingerprint density at radius 2 is 1.81 bits per heavy atom. The van der Waals surface area contributed by atoms with Gasteiger partial charge in [-0.25, -0.2) is 4.98 Å². The summed E-state index contributed by atoms with van der Waals surface area (Å²) in [5, 5.41) is 3.18. The lowest BCUT2D eigenvalue weighted by atomic mass is 10.1. The van der Waals surface area contributed by atoms with Gasteiger partial charge in [-0.3, -0.25) is 0 Å². The lowest BCUT2D eigenvalue weighted by molar-refractivity contribution is 0.271. The standard InChI is InChI=1S/C17H21FN2O/c1-12(2)11-21-15-9-7-14(8-10-15)13(3)19-17-6-4-5-16(18)20-17/h4-10,12-13H,11H2,1-3H3,(H,19,20). The molecule has 0 saturated heterocycles. The maximum atomic E-state index is 13.1. The first-order valence-corrected chi connectivity index (χ1v) is 7.16. The summed E-state index contributed by atoms with van der Waals surface area (Å²) in [6.07, 6.45) is 0. The van der Waals surface area contributed by atoms with E-state index in [1.54, 1.807) is 12.1 Å². The zero-order valence-electron chi connectivity index (χ0n) is 12.6. The molecule has 2 rings (SSSR count). The largest absolute Gasteiger partial charge is 0.493 e. The molecule has 1 aromatic heterocycles. The van der Waals surface area contributed by atoms with Crippen molar-refractivity contribution in [3.63, 3.8) is 0 Å². The first-order chi connectivity index (χ1) is 10.0. The number of hydrogen-bond acceptors (Lipinski definition) is 3. The van der Waals surface area contributed by atoms with Crippen LogP contribution in [-0.2, 0) is 0 Å². The molecule has 0 amide bonds. The van der Waals surface area contributed by atoms with E-state index >= 15 is 0 Å². The molecule has 1 aromatic carbocycles. The normalized spacial score (nSPS) is 12.2. The highest BCUT2D eigenvalue weighted by atomic mass is 19.1. The van der Waals surface area contributed by atoms with Gasteiger partial charge in [0.2, 0.25) is 5.95 Å². The molecule has 0 saturated carbocycles. The highest BCUT2D eigenvalue weighted by Crippen LogP contribution is 2.21. The maximum absolute atomic E-state index is 13.1. The number of nitrogens with zero attached hydrogens (tertiary/aromatic N) is 1. The zero-order chi connectivity index (χ0) is 15.2. The highest BCUT2D eigenvalue weighted by Gasteiger charge is 2.07. The van der Waals surface area contributed by atoms with Gasteiger partial charge in [0, 0.05) is 6.04 Å². The Morgan fingerprint density at radius 3 is 2.43 bits per heavy atom. The molecule has 0 spiro atoms. The van der Waals surface area contributed by atoms with Gasteiger partial charge in [0.15, 0.2) is 0 Å². The molecule has 21 heavy (non-hydrogen) atoms. The van der Waals surface area contributed by atoms with Gasteiger partial charge in [0.1, 0.15) is 11.6 Å². The number of benzene rings is 1. The molecule has 0 aliphatic heterocycles. The Balaban J connectivity index is 1.97. The van der Waals surface area contributed by atoms with Crippen molar-refractivity contribution in [2.75, 3.05) is 11.9 Å². The van der Waals surface area contributed by atoms with Gasteiger partial charge in [-0.15, -0.1) is 0 Å². The average molecular weight is 288 g/mol. The highest BCUT2D eigenvalue weighted by molar-refractivity contribution is 5.39. The summed E-state index contributed by atoms with van der Waals surface area (Å²) >= 11 is 0. The van der Waals surface area contributed by atoms with Crippen LogP contribution in [0.15, 0.2) is 42.5 Å². The fraction of sp³-hybridized carbons (Fsp3) is 0.353. The van der Waals surface area contributed by atoms with Gasteiger partial charge in [-0.2, -0.15) is 4.39 Å². The lowest BCUT2D eigenvalue weighted by Crippen LogP contribution is -2.08. The number of halogens is 1. The van der Waals surface area contributed by atoms with E-state index < -0.39 is 5.95 Å². The van der Waals surface area contributed by atoms with Crippen LogP contribution >= 0.6 is 0 Å². The number of rotatable bonds is 6. The van der Waals surface area contributed by atoms with Crippen molar-refractivity contribution in [3.05, 3.63) is 54.0 Å². The molecule has 1 heterocycles. The van der Waals surface area contributed by atoms with Gasteiger partial charge in [0.25, 0.3) is 0 Å². The van der Waals surface area contributed by atoms with Crippen LogP contribution in [0, 0.1) is 11.9 Å². The van der Waals surface area contributed by atoms with Crippen LogP contribution in [0.1, 0.15) is 32.4 Å². The fourth-order valence-electron chi connectivity index (χ4n) is 1.91. The van der Waals surface area contributed by atoms with Crippen LogP contribution in [0.25, 0.3) is 0 Å². The molecule has 0 aliphatic rings. The van der Waals surface area contributed by atoms with E-state index in [2.05, 4.69) is 24.1 Å². The topological polar surface area (TPSA) is 34.1 Å². The second kappa shape index (κ2) is 7.07. The minimum Gasteiger partial charge on any atom is -0.493 e. The molecule has 3 nitrogen and oxygen atoms in total. The van der Waals surface area contributed by atoms with Crippen molar-refractivity contribution in [2.24, 2.45) is 5.92 Å². The van der Waals surface area contributed by atoms with Gasteiger partial charge < -0.3 is 10.1 Å². The molecular weight excluding hydrogens is 267 g/mol. The van der Waals surface area contributed by atoms with Crippen molar-refractivity contribution in [1.29, 1.82) is 0 Å². The quantitative estimate of drug-likeness (QED) is 0.798. The van der Waals surface area contributed by atoms with Crippen LogP contribution in [-0.4, -0.2) is 11.6 Å². The monoisotopic (exact) mass is 288 g/mol. The smallest absolute Gasteiger partial charge is 0.214 e. The number of ether oxygens (including phenoxy) is 1. The van der Waals surface area contributed by atoms with Gasteiger partial charge >= 0.3 is 0 Å². The third-order valence-corrected chi connectivity index (χ3v) is 3.04. The maximum Gasteiger partial charge on any atom is 0.214 e. The SMILES string of the molecule is CC(C)COc1ccc(C(C)Nc2cccc(F)n2)cc1. The van der Waals surface area contributed by atoms with Gasteiger partial charge in [0.05, 0.1) is 6.61 Å². The van der Waals surface area contributed by atoms with E-state index in [-0.39, 0.29) is 6.04 Å². The summed E-state index contributed by atoms with van der Waals surface area (Å²) in [7, 11) is 0. The molecule has 2 aromatic rings. The van der Waals surface area contributed by atoms with E-state index in [4.69, 9.17) is 4.74 Å². The first-order valence-electron chi connectivity index (χ1n) is 7.16. The summed E-state index contributed by atoms with van der Waals surface area (Å²) in [5.74, 6) is 1.42. The predicted octanol–water partition coefficient (Wildman–Crippen LogP) is 4.43. The second-order valence-corrected chi connectivity index (χ2v) is 5.49. The summed E-state index contributed by atoms with van der Waals surface area (Å²) < 4.78 is 18.7. The average Bonchev–Trinajstić information content (AvgIpc) is 2.45. The third-order valence-electron chi connectivity index (χ3n) is 3.04. The number of hydrogen-bond donors (Lipinski definition) is 1. The van der Waals surface area contributed by atoms with Crippen molar-refractivity contribution >= 4 is 5.82 Å². The first kappa shape index (κ1) is 15.3. The Kier molecular flexibility index (Phi) is 5.14. The van der Waals surface area contributed by atoms with Crippen LogP contribution < -0.4 is 10.1 Å². The molecule has 1 N–H and O–H groups in total. The number of nitrogens with one attached hydrogen (secondary N) is 1. The van der Waals surface area contributed by atoms with E-state index in [1.807, 2.05) is 31.2 Å². The zero-order valence-corrected chi connectivity index (χ0v) is 12.6. The van der Waals surface area contributed by atoms with E-state index in [1.165, 1.54) is 6.07 Å². The number of pyridine rings is 1. The van der Waals surface area contributed by atoms with Crippen LogP contribution in [0.3, 0.4) is 0 Å². The second-order valence-electron chi connectivity index (χ2n) is 5.49. The van der Waals surface area contributed by atoms with Crippen molar-refractivity contribution < 1.29 is 9.13 Å². The summed E-state index contributed by atoms with van der Waals surface area (Å²) in [6.45, 7) is 6.95. The van der Waals surface area contributed by atoms with E-state index in [0.717, 1.165) is 11.3 Å². The van der Waals surface area contributed by atoms with Crippen molar-refractivity contribution in [2.45, 2.75) is 26.8 Å². The molecule has 0 fully saturated rings. The Hall–Kier alpha value is -2.10. The molecular formula is C17H21FN2O. The van der Waals surface area contributed by atoms with Gasteiger partial charge in [-0.05, 0) is 42.7 Å². The molecule has 0 bridgehead atoms. The molecule has 0 aliphatic carbocycles. The molecule has 4 heteroatoms. The van der Waals surface area contributed by atoms with Crippen LogP contribution in [0.4, 0.5) is 10.2 Å². The van der Waals surface area contributed by atoms with E-state index in [9.17, 15) is 4.39 Å². The summed E-state index contributed by atoms with van der Waals surface area (Å²) in [6, 6.07) is 12.7. The number of aromatic nitrogens is 1. The lowest BCUT2D eigenvalue weighted by Gasteiger charge is -2.16. The molecule has 0 radical (unpaired) electrons. The summed E-state index contributed by atoms with van der Waals surface area (Å²) in [5.41, 5.74) is 1.10. The van der Waals surface area contributed by atoms with Crippen LogP contribution in [0.2, 0.25) is 0 Å². The Bertz CT molecular complexity index is 569. The predicted molar refractivity (Wildman–Crippen MR) is 83.0 cm³/mol. The van der Waals surface area contributed by atoms with E-state index in [0.29, 0.717) is 18.3 Å². The van der Waals surface area contributed by atoms with Crippen molar-refractivity contribution in [1.82, 2.24) is 4.98 Å². The minimum atomic E-state index is -0.482. The third kappa shape index (κ3) is 4.74.